The van der Waals surface area contributed by atoms with Crippen LogP contribution >= 0.6 is 11.6 Å². The summed E-state index contributed by atoms with van der Waals surface area (Å²) < 4.78 is 14.9. The lowest BCUT2D eigenvalue weighted by atomic mass is 9.80. The topological polar surface area (TPSA) is 137 Å². The zero-order valence-corrected chi connectivity index (χ0v) is 27.4. The molecule has 3 aromatic carbocycles. The van der Waals surface area contributed by atoms with Crippen LogP contribution in [0.3, 0.4) is 0 Å². The van der Waals surface area contributed by atoms with Crippen LogP contribution in [0.4, 0.5) is 33.2 Å². The van der Waals surface area contributed by atoms with Crippen LogP contribution in [0, 0.1) is 18.2 Å². The molecule has 49 heavy (non-hydrogen) atoms. The van der Waals surface area contributed by atoms with Crippen LogP contribution in [-0.2, 0) is 10.2 Å². The highest BCUT2D eigenvalue weighted by molar-refractivity contribution is 6.33. The van der Waals surface area contributed by atoms with E-state index in [-0.39, 0.29) is 51.1 Å². The van der Waals surface area contributed by atoms with E-state index in [1.165, 1.54) is 24.4 Å². The Labute approximate surface area is 286 Å². The molecule has 4 amide bonds. The molecule has 0 saturated heterocycles. The van der Waals surface area contributed by atoms with Crippen molar-refractivity contribution in [2.45, 2.75) is 32.1 Å². The zero-order chi connectivity index (χ0) is 34.9. The summed E-state index contributed by atoms with van der Waals surface area (Å²) in [6.45, 7) is 4.13. The Bertz CT molecular complexity index is 2030. The Morgan fingerprint density at radius 2 is 1.78 bits per heavy atom. The van der Waals surface area contributed by atoms with E-state index >= 15 is 0 Å². The van der Waals surface area contributed by atoms with E-state index in [9.17, 15) is 23.6 Å². The van der Waals surface area contributed by atoms with E-state index in [0.29, 0.717) is 24.3 Å². The number of nitrogens with zero attached hydrogens (tertiary/aromatic N) is 4. The van der Waals surface area contributed by atoms with Crippen molar-refractivity contribution in [3.63, 3.8) is 0 Å². The van der Waals surface area contributed by atoms with Gasteiger partial charge in [0.15, 0.2) is 5.82 Å². The first-order chi connectivity index (χ1) is 23.5. The summed E-state index contributed by atoms with van der Waals surface area (Å²) >= 11 is 6.37. The number of nitrogens with one attached hydrogen (secondary N) is 3. The third-order valence-electron chi connectivity index (χ3n) is 8.53. The van der Waals surface area contributed by atoms with Crippen molar-refractivity contribution in [1.29, 1.82) is 0 Å². The van der Waals surface area contributed by atoms with Crippen molar-refractivity contribution in [2.75, 3.05) is 35.2 Å². The largest absolute Gasteiger partial charge is 0.341 e. The maximum atomic E-state index is 14.9. The number of carbonyl (C=O) groups excluding carboxylic acids is 4. The molecule has 1 aromatic heterocycles. The van der Waals surface area contributed by atoms with E-state index in [1.54, 1.807) is 35.2 Å². The lowest BCUT2D eigenvalue weighted by Crippen LogP contribution is -2.43. The molecule has 0 spiro atoms. The number of aromatic nitrogens is 2. The van der Waals surface area contributed by atoms with Gasteiger partial charge in [-0.05, 0) is 60.2 Å². The van der Waals surface area contributed by atoms with Gasteiger partial charge in [0.1, 0.15) is 17.4 Å². The summed E-state index contributed by atoms with van der Waals surface area (Å²) in [6.07, 6.45) is 8.07. The molecule has 4 aromatic rings. The average Bonchev–Trinajstić information content (AvgIpc) is 3.23. The second-order valence-electron chi connectivity index (χ2n) is 12.2. The van der Waals surface area contributed by atoms with Crippen molar-refractivity contribution in [3.8, 4) is 12.3 Å². The van der Waals surface area contributed by atoms with Gasteiger partial charge in [-0.25, -0.2) is 9.37 Å². The molecular weight excluding hydrogens is 649 g/mol. The van der Waals surface area contributed by atoms with E-state index in [4.69, 9.17) is 18.0 Å². The summed E-state index contributed by atoms with van der Waals surface area (Å²) in [4.78, 5) is 63.8. The number of benzene rings is 3. The number of halogens is 2. The standard InChI is InChI=1S/C36H31ClFN7O4/c1-4-16-39-32(47)24-11-7-12-27(38)30(24)42-31-26(37)19-40-35(43-31)41-21-13-14-25-28(18-21)44(17-8-15-36(25,2)3)29(46)20-45-33(48)22-9-5-6-10-23(22)34(45)49/h1,5-7,9-14,18-19H,8,15-17,20H2,2-3H3,(H,39,47)(H2,40,41,42,43). The number of fused-ring (bicyclic) bond motifs is 2. The molecule has 2 aliphatic heterocycles. The summed E-state index contributed by atoms with van der Waals surface area (Å²) in [5, 5.41) is 8.51. The van der Waals surface area contributed by atoms with Crippen LogP contribution in [0.5, 0.6) is 0 Å². The van der Waals surface area contributed by atoms with Crippen LogP contribution < -0.4 is 20.9 Å². The zero-order valence-electron chi connectivity index (χ0n) is 26.6. The first kappa shape index (κ1) is 33.1. The molecule has 0 unspecified atom stereocenters. The highest BCUT2D eigenvalue weighted by Gasteiger charge is 2.38. The van der Waals surface area contributed by atoms with Crippen LogP contribution in [-0.4, -0.2) is 58.1 Å². The van der Waals surface area contributed by atoms with Crippen LogP contribution in [0.25, 0.3) is 0 Å². The minimum Gasteiger partial charge on any atom is -0.341 e. The highest BCUT2D eigenvalue weighted by Crippen LogP contribution is 2.41. The lowest BCUT2D eigenvalue weighted by Gasteiger charge is -2.29. The van der Waals surface area contributed by atoms with Crippen molar-refractivity contribution >= 4 is 64.1 Å². The van der Waals surface area contributed by atoms with Crippen molar-refractivity contribution in [3.05, 3.63) is 100.0 Å². The third kappa shape index (κ3) is 6.53. The minimum atomic E-state index is -0.711. The summed E-state index contributed by atoms with van der Waals surface area (Å²) in [5.41, 5.74) is 2.19. The molecule has 0 aliphatic carbocycles. The first-order valence-corrected chi connectivity index (χ1v) is 15.8. The second kappa shape index (κ2) is 13.4. The second-order valence-corrected chi connectivity index (χ2v) is 12.6. The summed E-state index contributed by atoms with van der Waals surface area (Å²) in [7, 11) is 0. The normalized spacial score (nSPS) is 14.8. The molecule has 0 bridgehead atoms. The lowest BCUT2D eigenvalue weighted by molar-refractivity contribution is -0.119. The molecular formula is C36H31ClFN7O4. The van der Waals surface area contributed by atoms with Gasteiger partial charge in [0.05, 0.1) is 35.1 Å². The van der Waals surface area contributed by atoms with Crippen LogP contribution in [0.1, 0.15) is 63.3 Å². The average molecular weight is 680 g/mol. The monoisotopic (exact) mass is 679 g/mol. The van der Waals surface area contributed by atoms with Gasteiger partial charge in [0, 0.05) is 17.9 Å². The molecule has 13 heteroatoms. The Morgan fingerprint density at radius 1 is 1.04 bits per heavy atom. The van der Waals surface area contributed by atoms with Crippen LogP contribution in [0.15, 0.2) is 66.9 Å². The number of hydrogen-bond donors (Lipinski definition) is 3. The number of amides is 4. The quantitative estimate of drug-likeness (QED) is 0.157. The molecule has 0 atom stereocenters. The van der Waals surface area contributed by atoms with Gasteiger partial charge in [-0.2, -0.15) is 4.98 Å². The molecule has 0 saturated carbocycles. The molecule has 3 N–H and O–H groups in total. The first-order valence-electron chi connectivity index (χ1n) is 15.5. The van der Waals surface area contributed by atoms with Gasteiger partial charge in [-0.3, -0.25) is 24.1 Å². The molecule has 0 radical (unpaired) electrons. The maximum Gasteiger partial charge on any atom is 0.262 e. The smallest absolute Gasteiger partial charge is 0.262 e. The van der Waals surface area contributed by atoms with Gasteiger partial charge in [-0.1, -0.05) is 55.6 Å². The summed E-state index contributed by atoms with van der Waals surface area (Å²) in [6, 6.07) is 16.1. The van der Waals surface area contributed by atoms with Crippen molar-refractivity contribution in [2.24, 2.45) is 0 Å². The predicted octanol–water partition coefficient (Wildman–Crippen LogP) is 5.82. The van der Waals surface area contributed by atoms with Gasteiger partial charge in [0.25, 0.3) is 17.7 Å². The molecule has 248 valence electrons. The third-order valence-corrected chi connectivity index (χ3v) is 8.80. The van der Waals surface area contributed by atoms with Crippen LogP contribution in [0.2, 0.25) is 5.02 Å². The molecule has 2 aliphatic rings. The summed E-state index contributed by atoms with van der Waals surface area (Å²) in [5.74, 6) is -0.262. The SMILES string of the molecule is C#CCNC(=O)c1cccc(F)c1Nc1nc(Nc2ccc3c(c2)N(C(=O)CN2C(=O)c4ccccc4C2=O)CCCC3(C)C)ncc1Cl. The number of para-hydroxylation sites is 1. The van der Waals surface area contributed by atoms with Crippen molar-refractivity contribution in [1.82, 2.24) is 20.2 Å². The van der Waals surface area contributed by atoms with E-state index in [2.05, 4.69) is 45.7 Å². The Kier molecular flexibility index (Phi) is 9.03. The highest BCUT2D eigenvalue weighted by atomic mass is 35.5. The Hall–Kier alpha value is -5.80. The van der Waals surface area contributed by atoms with Gasteiger partial charge in [0.2, 0.25) is 11.9 Å². The fourth-order valence-electron chi connectivity index (χ4n) is 6.03. The number of hydrogen-bond acceptors (Lipinski definition) is 8. The van der Waals surface area contributed by atoms with E-state index < -0.39 is 36.0 Å². The minimum absolute atomic E-state index is 0.00113. The van der Waals surface area contributed by atoms with Gasteiger partial charge in [-0.15, -0.1) is 6.42 Å². The molecule has 6 rings (SSSR count). The maximum absolute atomic E-state index is 14.9. The number of rotatable bonds is 8. The Balaban J connectivity index is 1.28. The Morgan fingerprint density at radius 3 is 2.49 bits per heavy atom. The molecule has 11 nitrogen and oxygen atoms in total. The molecule has 3 heterocycles. The van der Waals surface area contributed by atoms with Gasteiger partial charge < -0.3 is 20.9 Å². The predicted molar refractivity (Wildman–Crippen MR) is 184 cm³/mol. The number of anilines is 5. The number of imide groups is 1. The van der Waals surface area contributed by atoms with Crippen molar-refractivity contribution < 1.29 is 23.6 Å². The van der Waals surface area contributed by atoms with Gasteiger partial charge >= 0.3 is 0 Å². The number of terminal acetylenes is 1. The van der Waals surface area contributed by atoms with E-state index in [0.717, 1.165) is 16.9 Å². The fraction of sp³-hybridized carbons (Fsp3) is 0.222. The fourth-order valence-corrected chi connectivity index (χ4v) is 6.17. The molecule has 0 fully saturated rings. The number of carbonyl (C=O) groups is 4. The van der Waals surface area contributed by atoms with E-state index in [1.807, 2.05) is 12.1 Å².